The summed E-state index contributed by atoms with van der Waals surface area (Å²) in [6, 6.07) is 18.0. The molecule has 0 bridgehead atoms. The zero-order valence-corrected chi connectivity index (χ0v) is 15.3. The van der Waals surface area contributed by atoms with E-state index >= 15 is 0 Å². The lowest BCUT2D eigenvalue weighted by molar-refractivity contribution is 0.101. The Morgan fingerprint density at radius 3 is 2.33 bits per heavy atom. The lowest BCUT2D eigenvalue weighted by atomic mass is 10.0. The molecule has 0 unspecified atom stereocenters. The molecule has 2 amide bonds. The minimum Gasteiger partial charge on any atom is -0.322 e. The van der Waals surface area contributed by atoms with Gasteiger partial charge < -0.3 is 10.6 Å². The van der Waals surface area contributed by atoms with Gasteiger partial charge in [0.15, 0.2) is 0 Å². The Hall–Kier alpha value is -3.47. The number of rotatable bonds is 5. The SMILES string of the molecule is CC(C)c1ccccc1NC(=O)c1cccc(NC(=O)c2cccnc2)c1. The average molecular weight is 359 g/mol. The Balaban J connectivity index is 1.75. The van der Waals surface area contributed by atoms with Crippen LogP contribution in [0.4, 0.5) is 11.4 Å². The highest BCUT2D eigenvalue weighted by Gasteiger charge is 2.12. The molecule has 27 heavy (non-hydrogen) atoms. The maximum absolute atomic E-state index is 12.7. The number of pyridine rings is 1. The summed E-state index contributed by atoms with van der Waals surface area (Å²) >= 11 is 0. The van der Waals surface area contributed by atoms with Crippen LogP contribution in [-0.4, -0.2) is 16.8 Å². The molecule has 0 radical (unpaired) electrons. The van der Waals surface area contributed by atoms with Gasteiger partial charge in [0.1, 0.15) is 0 Å². The summed E-state index contributed by atoms with van der Waals surface area (Å²) in [4.78, 5) is 28.9. The first-order valence-electron chi connectivity index (χ1n) is 8.76. The number of para-hydroxylation sites is 1. The van der Waals surface area contributed by atoms with E-state index in [4.69, 9.17) is 0 Å². The lowest BCUT2D eigenvalue weighted by Gasteiger charge is -2.14. The quantitative estimate of drug-likeness (QED) is 0.693. The van der Waals surface area contributed by atoms with Gasteiger partial charge in [-0.1, -0.05) is 38.1 Å². The van der Waals surface area contributed by atoms with E-state index in [1.807, 2.05) is 24.3 Å². The van der Waals surface area contributed by atoms with Crippen molar-refractivity contribution in [3.63, 3.8) is 0 Å². The molecule has 0 saturated carbocycles. The Labute approximate surface area is 158 Å². The fourth-order valence-corrected chi connectivity index (χ4v) is 2.75. The molecular weight excluding hydrogens is 338 g/mol. The third kappa shape index (κ3) is 4.58. The fourth-order valence-electron chi connectivity index (χ4n) is 2.75. The molecule has 136 valence electrons. The number of hydrogen-bond donors (Lipinski definition) is 2. The van der Waals surface area contributed by atoms with Gasteiger partial charge >= 0.3 is 0 Å². The van der Waals surface area contributed by atoms with Gasteiger partial charge in [0.25, 0.3) is 11.8 Å². The van der Waals surface area contributed by atoms with E-state index in [2.05, 4.69) is 29.5 Å². The molecule has 3 rings (SSSR count). The molecule has 5 nitrogen and oxygen atoms in total. The smallest absolute Gasteiger partial charge is 0.257 e. The number of nitrogens with one attached hydrogen (secondary N) is 2. The second-order valence-electron chi connectivity index (χ2n) is 6.47. The van der Waals surface area contributed by atoms with Crippen LogP contribution in [0.25, 0.3) is 0 Å². The standard InChI is InChI=1S/C22H21N3O2/c1-15(2)19-10-3-4-11-20(19)25-21(26)16-7-5-9-18(13-16)24-22(27)17-8-6-12-23-14-17/h3-15H,1-2H3,(H,24,27)(H,25,26). The molecule has 0 spiro atoms. The first-order chi connectivity index (χ1) is 13.0. The topological polar surface area (TPSA) is 71.1 Å². The van der Waals surface area contributed by atoms with Gasteiger partial charge in [0.2, 0.25) is 0 Å². The van der Waals surface area contributed by atoms with Crippen molar-refractivity contribution >= 4 is 23.2 Å². The van der Waals surface area contributed by atoms with Crippen molar-refractivity contribution in [1.29, 1.82) is 0 Å². The minimum absolute atomic E-state index is 0.222. The van der Waals surface area contributed by atoms with Crippen molar-refractivity contribution in [1.82, 2.24) is 4.98 Å². The molecule has 0 aliphatic heterocycles. The van der Waals surface area contributed by atoms with Crippen LogP contribution in [0.1, 0.15) is 46.0 Å². The van der Waals surface area contributed by atoms with Crippen molar-refractivity contribution in [3.8, 4) is 0 Å². The molecular formula is C22H21N3O2. The van der Waals surface area contributed by atoms with E-state index in [1.165, 1.54) is 6.20 Å². The monoisotopic (exact) mass is 359 g/mol. The van der Waals surface area contributed by atoms with Crippen LogP contribution < -0.4 is 10.6 Å². The summed E-state index contributed by atoms with van der Waals surface area (Å²) in [5.74, 6) is -0.196. The Morgan fingerprint density at radius 2 is 1.59 bits per heavy atom. The largest absolute Gasteiger partial charge is 0.322 e. The normalized spacial score (nSPS) is 10.5. The first-order valence-corrected chi connectivity index (χ1v) is 8.76. The molecule has 0 aliphatic rings. The van der Waals surface area contributed by atoms with Gasteiger partial charge in [-0.05, 0) is 47.9 Å². The highest BCUT2D eigenvalue weighted by molar-refractivity contribution is 6.07. The summed E-state index contributed by atoms with van der Waals surface area (Å²) in [7, 11) is 0. The average Bonchev–Trinajstić information content (AvgIpc) is 2.69. The predicted octanol–water partition coefficient (Wildman–Crippen LogP) is 4.71. The Morgan fingerprint density at radius 1 is 0.852 bits per heavy atom. The third-order valence-electron chi connectivity index (χ3n) is 4.14. The minimum atomic E-state index is -0.272. The molecule has 2 N–H and O–H groups in total. The number of nitrogens with zero attached hydrogens (tertiary/aromatic N) is 1. The molecule has 0 aliphatic carbocycles. The van der Waals surface area contributed by atoms with E-state index in [0.29, 0.717) is 22.7 Å². The summed E-state index contributed by atoms with van der Waals surface area (Å²) in [5, 5.41) is 5.75. The van der Waals surface area contributed by atoms with Crippen LogP contribution in [0.2, 0.25) is 0 Å². The molecule has 1 heterocycles. The van der Waals surface area contributed by atoms with Gasteiger partial charge in [-0.3, -0.25) is 14.6 Å². The Kier molecular flexibility index (Phi) is 5.61. The van der Waals surface area contributed by atoms with E-state index in [-0.39, 0.29) is 11.8 Å². The molecule has 0 saturated heterocycles. The van der Waals surface area contributed by atoms with Crippen LogP contribution in [0.3, 0.4) is 0 Å². The van der Waals surface area contributed by atoms with E-state index in [0.717, 1.165) is 11.3 Å². The van der Waals surface area contributed by atoms with Crippen LogP contribution in [0.5, 0.6) is 0 Å². The third-order valence-corrected chi connectivity index (χ3v) is 4.14. The van der Waals surface area contributed by atoms with Crippen molar-refractivity contribution in [2.75, 3.05) is 10.6 Å². The first kappa shape index (κ1) is 18.3. The summed E-state index contributed by atoms with van der Waals surface area (Å²) in [6.07, 6.45) is 3.10. The van der Waals surface area contributed by atoms with E-state index in [9.17, 15) is 9.59 Å². The number of anilines is 2. The highest BCUT2D eigenvalue weighted by atomic mass is 16.2. The van der Waals surface area contributed by atoms with Crippen molar-refractivity contribution in [2.24, 2.45) is 0 Å². The molecule has 5 heteroatoms. The molecule has 2 aromatic carbocycles. The predicted molar refractivity (Wildman–Crippen MR) is 107 cm³/mol. The maximum atomic E-state index is 12.7. The lowest BCUT2D eigenvalue weighted by Crippen LogP contribution is -2.15. The highest BCUT2D eigenvalue weighted by Crippen LogP contribution is 2.24. The maximum Gasteiger partial charge on any atom is 0.257 e. The zero-order valence-electron chi connectivity index (χ0n) is 15.3. The van der Waals surface area contributed by atoms with Gasteiger partial charge in [0.05, 0.1) is 5.56 Å². The fraction of sp³-hybridized carbons (Fsp3) is 0.136. The summed E-state index contributed by atoms with van der Waals surface area (Å²) < 4.78 is 0. The number of hydrogen-bond acceptors (Lipinski definition) is 3. The number of amides is 2. The van der Waals surface area contributed by atoms with Crippen LogP contribution in [0.15, 0.2) is 73.1 Å². The van der Waals surface area contributed by atoms with Crippen molar-refractivity contribution < 1.29 is 9.59 Å². The van der Waals surface area contributed by atoms with Gasteiger partial charge in [-0.15, -0.1) is 0 Å². The van der Waals surface area contributed by atoms with E-state index < -0.39 is 0 Å². The summed E-state index contributed by atoms with van der Waals surface area (Å²) in [6.45, 7) is 4.17. The van der Waals surface area contributed by atoms with Gasteiger partial charge in [-0.25, -0.2) is 0 Å². The number of carbonyl (C=O) groups excluding carboxylic acids is 2. The van der Waals surface area contributed by atoms with Crippen LogP contribution in [0, 0.1) is 0 Å². The van der Waals surface area contributed by atoms with Crippen molar-refractivity contribution in [3.05, 3.63) is 89.7 Å². The zero-order chi connectivity index (χ0) is 19.2. The van der Waals surface area contributed by atoms with Gasteiger partial charge in [0, 0.05) is 29.3 Å². The van der Waals surface area contributed by atoms with Crippen molar-refractivity contribution in [2.45, 2.75) is 19.8 Å². The van der Waals surface area contributed by atoms with E-state index in [1.54, 1.807) is 42.6 Å². The number of benzene rings is 2. The van der Waals surface area contributed by atoms with Crippen LogP contribution in [-0.2, 0) is 0 Å². The Bertz CT molecular complexity index is 953. The van der Waals surface area contributed by atoms with Crippen LogP contribution >= 0.6 is 0 Å². The second kappa shape index (κ2) is 8.27. The van der Waals surface area contributed by atoms with Gasteiger partial charge in [-0.2, -0.15) is 0 Å². The summed E-state index contributed by atoms with van der Waals surface area (Å²) in [5.41, 5.74) is 3.35. The molecule has 0 atom stereocenters. The number of carbonyl (C=O) groups is 2. The number of aromatic nitrogens is 1. The second-order valence-corrected chi connectivity index (χ2v) is 6.47. The molecule has 1 aromatic heterocycles. The molecule has 0 fully saturated rings. The molecule has 3 aromatic rings.